The molecule has 1 aromatic carbocycles. The Morgan fingerprint density at radius 3 is 2.38 bits per heavy atom. The van der Waals surface area contributed by atoms with Crippen molar-refractivity contribution in [3.63, 3.8) is 0 Å². The van der Waals surface area contributed by atoms with Gasteiger partial charge in [-0.3, -0.25) is 4.68 Å². The average Bonchev–Trinajstić information content (AvgIpc) is 2.88. The fourth-order valence-electron chi connectivity index (χ4n) is 2.27. The molecule has 0 radical (unpaired) electrons. The third-order valence-electron chi connectivity index (χ3n) is 3.30. The molecule has 0 aliphatic heterocycles. The van der Waals surface area contributed by atoms with E-state index in [0.29, 0.717) is 0 Å². The van der Waals surface area contributed by atoms with Gasteiger partial charge in [0.05, 0.1) is 17.8 Å². The van der Waals surface area contributed by atoms with Gasteiger partial charge in [0.15, 0.2) is 0 Å². The van der Waals surface area contributed by atoms with Crippen molar-refractivity contribution in [2.75, 3.05) is 7.05 Å². The summed E-state index contributed by atoms with van der Waals surface area (Å²) in [6, 6.07) is 5.05. The Hall–Kier alpha value is -1.82. The summed E-state index contributed by atoms with van der Waals surface area (Å²) in [7, 11) is 1.78. The smallest absolute Gasteiger partial charge is 0.309 e. The number of hydrogen-bond acceptors (Lipinski definition) is 2. The van der Waals surface area contributed by atoms with Gasteiger partial charge in [-0.15, -0.1) is 0 Å². The van der Waals surface area contributed by atoms with E-state index in [-0.39, 0.29) is 6.04 Å². The number of nitrogens with zero attached hydrogens (tertiary/aromatic N) is 2. The monoisotopic (exact) mass is 297 g/mol. The summed E-state index contributed by atoms with van der Waals surface area (Å²) in [5.41, 5.74) is 1.08. The van der Waals surface area contributed by atoms with Crippen LogP contribution in [0.15, 0.2) is 36.7 Å². The van der Waals surface area contributed by atoms with Gasteiger partial charge in [-0.05, 0) is 31.2 Å². The van der Waals surface area contributed by atoms with E-state index < -0.39 is 11.7 Å². The standard InChI is InChI=1S/C15H18F3N3/c1-3-8-21-10-12(9-20-21)14(19-2)11-4-6-13(7-5-11)15(16,17)18/h4-7,9-10,14,19H,3,8H2,1-2H3. The van der Waals surface area contributed by atoms with Crippen molar-refractivity contribution in [1.29, 1.82) is 0 Å². The molecule has 0 bridgehead atoms. The average molecular weight is 297 g/mol. The molecule has 1 aromatic heterocycles. The zero-order valence-corrected chi connectivity index (χ0v) is 12.0. The molecule has 6 heteroatoms. The van der Waals surface area contributed by atoms with Crippen LogP contribution in [0.4, 0.5) is 13.2 Å². The van der Waals surface area contributed by atoms with Crippen molar-refractivity contribution >= 4 is 0 Å². The molecule has 1 unspecified atom stereocenters. The van der Waals surface area contributed by atoms with Gasteiger partial charge in [0.2, 0.25) is 0 Å². The fraction of sp³-hybridized carbons (Fsp3) is 0.400. The minimum absolute atomic E-state index is 0.169. The van der Waals surface area contributed by atoms with E-state index in [1.165, 1.54) is 12.1 Å². The van der Waals surface area contributed by atoms with Crippen molar-refractivity contribution in [3.05, 3.63) is 53.3 Å². The number of nitrogens with one attached hydrogen (secondary N) is 1. The van der Waals surface area contributed by atoms with Crippen LogP contribution >= 0.6 is 0 Å². The summed E-state index contributed by atoms with van der Waals surface area (Å²) in [4.78, 5) is 0. The third kappa shape index (κ3) is 3.64. The highest BCUT2D eigenvalue weighted by Gasteiger charge is 2.30. The number of aryl methyl sites for hydroxylation is 1. The normalized spacial score (nSPS) is 13.4. The van der Waals surface area contributed by atoms with E-state index in [0.717, 1.165) is 36.2 Å². The molecule has 1 atom stereocenters. The minimum Gasteiger partial charge on any atom is -0.309 e. The van der Waals surface area contributed by atoms with E-state index in [2.05, 4.69) is 17.3 Å². The molecule has 114 valence electrons. The van der Waals surface area contributed by atoms with Crippen LogP contribution in [0.5, 0.6) is 0 Å². The molecule has 0 aliphatic rings. The van der Waals surface area contributed by atoms with Crippen LogP contribution < -0.4 is 5.32 Å². The second-order valence-electron chi connectivity index (χ2n) is 4.88. The topological polar surface area (TPSA) is 29.9 Å². The Bertz CT molecular complexity index is 573. The van der Waals surface area contributed by atoms with Gasteiger partial charge >= 0.3 is 6.18 Å². The summed E-state index contributed by atoms with van der Waals surface area (Å²) in [6.07, 6.45) is 0.335. The number of hydrogen-bond donors (Lipinski definition) is 1. The van der Waals surface area contributed by atoms with Crippen LogP contribution in [0.1, 0.15) is 36.1 Å². The first-order valence-corrected chi connectivity index (χ1v) is 6.82. The lowest BCUT2D eigenvalue weighted by Crippen LogP contribution is -2.17. The van der Waals surface area contributed by atoms with E-state index in [1.54, 1.807) is 13.2 Å². The molecule has 1 heterocycles. The first-order chi connectivity index (χ1) is 9.95. The molecule has 0 saturated carbocycles. The Morgan fingerprint density at radius 1 is 1.19 bits per heavy atom. The van der Waals surface area contributed by atoms with Crippen LogP contribution in [0.2, 0.25) is 0 Å². The Labute approximate surface area is 121 Å². The van der Waals surface area contributed by atoms with Crippen molar-refractivity contribution in [2.45, 2.75) is 32.1 Å². The molecule has 3 nitrogen and oxygen atoms in total. The van der Waals surface area contributed by atoms with Crippen LogP contribution in [-0.4, -0.2) is 16.8 Å². The van der Waals surface area contributed by atoms with E-state index in [9.17, 15) is 13.2 Å². The van der Waals surface area contributed by atoms with Crippen LogP contribution in [-0.2, 0) is 12.7 Å². The second kappa shape index (κ2) is 6.30. The van der Waals surface area contributed by atoms with Gasteiger partial charge < -0.3 is 5.32 Å². The quantitative estimate of drug-likeness (QED) is 0.913. The number of aromatic nitrogens is 2. The molecular weight excluding hydrogens is 279 g/mol. The lowest BCUT2D eigenvalue weighted by molar-refractivity contribution is -0.137. The summed E-state index contributed by atoms with van der Waals surface area (Å²) in [6.45, 7) is 2.89. The molecular formula is C15H18F3N3. The van der Waals surface area contributed by atoms with Crippen molar-refractivity contribution < 1.29 is 13.2 Å². The number of halogens is 3. The highest BCUT2D eigenvalue weighted by Crippen LogP contribution is 2.30. The third-order valence-corrected chi connectivity index (χ3v) is 3.30. The van der Waals surface area contributed by atoms with E-state index >= 15 is 0 Å². The molecule has 0 spiro atoms. The molecule has 0 amide bonds. The number of rotatable bonds is 5. The Morgan fingerprint density at radius 2 is 1.86 bits per heavy atom. The number of alkyl halides is 3. The predicted molar refractivity (Wildman–Crippen MR) is 74.9 cm³/mol. The first kappa shape index (κ1) is 15.6. The zero-order chi connectivity index (χ0) is 15.5. The molecule has 0 fully saturated rings. The van der Waals surface area contributed by atoms with Gasteiger partial charge in [-0.1, -0.05) is 19.1 Å². The highest BCUT2D eigenvalue weighted by molar-refractivity contribution is 5.32. The van der Waals surface area contributed by atoms with Gasteiger partial charge in [0.1, 0.15) is 0 Å². The van der Waals surface area contributed by atoms with E-state index in [1.807, 2.05) is 10.9 Å². The maximum atomic E-state index is 12.6. The van der Waals surface area contributed by atoms with Crippen molar-refractivity contribution in [1.82, 2.24) is 15.1 Å². The van der Waals surface area contributed by atoms with Crippen LogP contribution in [0, 0.1) is 0 Å². The molecule has 1 N–H and O–H groups in total. The maximum Gasteiger partial charge on any atom is 0.416 e. The summed E-state index contributed by atoms with van der Waals surface area (Å²) < 4.78 is 39.6. The lowest BCUT2D eigenvalue weighted by Gasteiger charge is -2.16. The molecule has 0 saturated heterocycles. The van der Waals surface area contributed by atoms with Crippen molar-refractivity contribution in [3.8, 4) is 0 Å². The summed E-state index contributed by atoms with van der Waals surface area (Å²) >= 11 is 0. The Balaban J connectivity index is 2.24. The SMILES string of the molecule is CCCn1cc(C(NC)c2ccc(C(F)(F)F)cc2)cn1. The first-order valence-electron chi connectivity index (χ1n) is 6.82. The van der Waals surface area contributed by atoms with Gasteiger partial charge in [0.25, 0.3) is 0 Å². The second-order valence-corrected chi connectivity index (χ2v) is 4.88. The lowest BCUT2D eigenvalue weighted by atomic mass is 10.0. The molecule has 2 rings (SSSR count). The number of benzene rings is 1. The van der Waals surface area contributed by atoms with Crippen LogP contribution in [0.3, 0.4) is 0 Å². The molecule has 0 aliphatic carbocycles. The summed E-state index contributed by atoms with van der Waals surface area (Å²) in [5.74, 6) is 0. The van der Waals surface area contributed by atoms with Crippen molar-refractivity contribution in [2.24, 2.45) is 0 Å². The molecule has 21 heavy (non-hydrogen) atoms. The van der Waals surface area contributed by atoms with Crippen LogP contribution in [0.25, 0.3) is 0 Å². The predicted octanol–water partition coefficient (Wildman–Crippen LogP) is 3.62. The van der Waals surface area contributed by atoms with Gasteiger partial charge in [-0.25, -0.2) is 0 Å². The summed E-state index contributed by atoms with van der Waals surface area (Å²) in [5, 5.41) is 7.37. The highest BCUT2D eigenvalue weighted by atomic mass is 19.4. The maximum absolute atomic E-state index is 12.6. The van der Waals surface area contributed by atoms with Gasteiger partial charge in [0, 0.05) is 18.3 Å². The fourth-order valence-corrected chi connectivity index (χ4v) is 2.27. The minimum atomic E-state index is -4.31. The zero-order valence-electron chi connectivity index (χ0n) is 12.0. The molecule has 2 aromatic rings. The largest absolute Gasteiger partial charge is 0.416 e. The Kier molecular flexibility index (Phi) is 4.67. The van der Waals surface area contributed by atoms with E-state index in [4.69, 9.17) is 0 Å². The van der Waals surface area contributed by atoms with Gasteiger partial charge in [-0.2, -0.15) is 18.3 Å².